The van der Waals surface area contributed by atoms with Crippen molar-refractivity contribution in [2.45, 2.75) is 13.2 Å². The first-order valence-electron chi connectivity index (χ1n) is 8.40. The fraction of sp³-hybridized carbons (Fsp3) is 0.368. The first kappa shape index (κ1) is 20.8. The minimum Gasteiger partial charge on any atom is -0.493 e. The highest BCUT2D eigenvalue weighted by molar-refractivity contribution is 6.35. The molecule has 0 saturated carbocycles. The summed E-state index contributed by atoms with van der Waals surface area (Å²) in [5.74, 6) is 1.33. The van der Waals surface area contributed by atoms with Crippen LogP contribution in [-0.2, 0) is 13.2 Å². The van der Waals surface area contributed by atoms with E-state index in [9.17, 15) is 0 Å². The van der Waals surface area contributed by atoms with Crippen LogP contribution in [0.5, 0.6) is 11.5 Å². The summed E-state index contributed by atoms with van der Waals surface area (Å²) >= 11 is 12.1. The molecule has 0 bridgehead atoms. The molecule has 7 heteroatoms. The lowest BCUT2D eigenvalue weighted by molar-refractivity contribution is 0.284. The predicted octanol–water partition coefficient (Wildman–Crippen LogP) is 3.25. The van der Waals surface area contributed by atoms with Gasteiger partial charge in [-0.2, -0.15) is 0 Å². The van der Waals surface area contributed by atoms with Crippen LogP contribution < -0.4 is 20.1 Å². The quantitative estimate of drug-likeness (QED) is 0.507. The van der Waals surface area contributed by atoms with Gasteiger partial charge in [-0.3, -0.25) is 0 Å². The number of hydrogen-bond acceptors (Lipinski definition) is 5. The van der Waals surface area contributed by atoms with Crippen molar-refractivity contribution in [3.05, 3.63) is 57.6 Å². The summed E-state index contributed by atoms with van der Waals surface area (Å²) in [6, 6.07) is 11.2. The number of aliphatic hydroxyl groups excluding tert-OH is 1. The lowest BCUT2D eigenvalue weighted by atomic mass is 10.2. The zero-order valence-corrected chi connectivity index (χ0v) is 16.2. The van der Waals surface area contributed by atoms with Gasteiger partial charge >= 0.3 is 0 Å². The third kappa shape index (κ3) is 6.67. The number of hydrogen-bond donors (Lipinski definition) is 3. The van der Waals surface area contributed by atoms with Gasteiger partial charge in [-0.1, -0.05) is 35.3 Å². The molecule has 26 heavy (non-hydrogen) atoms. The number of benzene rings is 2. The molecule has 0 unspecified atom stereocenters. The van der Waals surface area contributed by atoms with E-state index in [2.05, 4.69) is 10.6 Å². The van der Waals surface area contributed by atoms with Crippen LogP contribution in [0.25, 0.3) is 0 Å². The van der Waals surface area contributed by atoms with E-state index in [4.69, 9.17) is 37.8 Å². The van der Waals surface area contributed by atoms with Crippen LogP contribution >= 0.6 is 23.2 Å². The molecule has 0 heterocycles. The number of methoxy groups -OCH3 is 1. The maximum Gasteiger partial charge on any atom is 0.161 e. The van der Waals surface area contributed by atoms with Gasteiger partial charge in [-0.05, 0) is 29.8 Å². The Kier molecular flexibility index (Phi) is 9.01. The van der Waals surface area contributed by atoms with Crippen molar-refractivity contribution in [1.29, 1.82) is 0 Å². The van der Waals surface area contributed by atoms with Crippen molar-refractivity contribution in [1.82, 2.24) is 10.6 Å². The molecule has 0 saturated heterocycles. The number of rotatable bonds is 11. The van der Waals surface area contributed by atoms with Crippen LogP contribution in [0.15, 0.2) is 36.4 Å². The van der Waals surface area contributed by atoms with Crippen molar-refractivity contribution in [3.8, 4) is 11.5 Å². The van der Waals surface area contributed by atoms with E-state index in [0.717, 1.165) is 30.8 Å². The van der Waals surface area contributed by atoms with Gasteiger partial charge in [0.1, 0.15) is 6.61 Å². The second kappa shape index (κ2) is 11.3. The normalized spacial score (nSPS) is 10.8. The molecule has 5 nitrogen and oxygen atoms in total. The van der Waals surface area contributed by atoms with E-state index in [0.29, 0.717) is 34.7 Å². The number of halogens is 2. The van der Waals surface area contributed by atoms with E-state index in [1.54, 1.807) is 19.2 Å². The first-order valence-corrected chi connectivity index (χ1v) is 9.15. The molecule has 0 atom stereocenters. The molecule has 2 rings (SSSR count). The molecule has 0 aliphatic heterocycles. The van der Waals surface area contributed by atoms with Crippen LogP contribution in [0.4, 0.5) is 0 Å². The van der Waals surface area contributed by atoms with Crippen molar-refractivity contribution >= 4 is 23.2 Å². The maximum atomic E-state index is 8.71. The van der Waals surface area contributed by atoms with E-state index in [-0.39, 0.29) is 6.61 Å². The summed E-state index contributed by atoms with van der Waals surface area (Å²) in [4.78, 5) is 0. The minimum atomic E-state index is 0.153. The van der Waals surface area contributed by atoms with Crippen LogP contribution in [0.2, 0.25) is 10.0 Å². The van der Waals surface area contributed by atoms with Crippen molar-refractivity contribution in [2.75, 3.05) is 33.4 Å². The lowest BCUT2D eigenvalue weighted by Gasteiger charge is -2.13. The second-order valence-electron chi connectivity index (χ2n) is 5.66. The fourth-order valence-corrected chi connectivity index (χ4v) is 2.81. The molecular formula is C19H24Cl2N2O3. The summed E-state index contributed by atoms with van der Waals surface area (Å²) in [6.45, 7) is 3.44. The molecule has 2 aromatic carbocycles. The third-order valence-electron chi connectivity index (χ3n) is 3.72. The number of aliphatic hydroxyl groups is 1. The Labute approximate surface area is 164 Å². The molecule has 2 aromatic rings. The Bertz CT molecular complexity index is 698. The monoisotopic (exact) mass is 398 g/mol. The molecule has 142 valence electrons. The Morgan fingerprint density at radius 3 is 2.50 bits per heavy atom. The van der Waals surface area contributed by atoms with Crippen LogP contribution in [0, 0.1) is 0 Å². The SMILES string of the molecule is COc1cc(CNCCNCCO)ccc1OCc1ccc(Cl)cc1Cl. The second-order valence-corrected chi connectivity index (χ2v) is 6.50. The molecule has 3 N–H and O–H groups in total. The van der Waals surface area contributed by atoms with Crippen molar-refractivity contribution < 1.29 is 14.6 Å². The predicted molar refractivity (Wildman–Crippen MR) is 105 cm³/mol. The summed E-state index contributed by atoms with van der Waals surface area (Å²) in [5.41, 5.74) is 1.96. The molecular weight excluding hydrogens is 375 g/mol. The highest BCUT2D eigenvalue weighted by Gasteiger charge is 2.08. The van der Waals surface area contributed by atoms with E-state index in [1.165, 1.54) is 0 Å². The highest BCUT2D eigenvalue weighted by Crippen LogP contribution is 2.30. The van der Waals surface area contributed by atoms with E-state index < -0.39 is 0 Å². The van der Waals surface area contributed by atoms with Gasteiger partial charge in [0, 0.05) is 41.8 Å². The molecule has 0 amide bonds. The van der Waals surface area contributed by atoms with Crippen LogP contribution in [-0.4, -0.2) is 38.5 Å². The molecule has 0 aliphatic rings. The Morgan fingerprint density at radius 1 is 0.962 bits per heavy atom. The maximum absolute atomic E-state index is 8.71. The Morgan fingerprint density at radius 2 is 1.77 bits per heavy atom. The third-order valence-corrected chi connectivity index (χ3v) is 4.31. The van der Waals surface area contributed by atoms with Gasteiger partial charge in [0.15, 0.2) is 11.5 Å². The zero-order valence-electron chi connectivity index (χ0n) is 14.7. The van der Waals surface area contributed by atoms with Gasteiger partial charge in [0.05, 0.1) is 13.7 Å². The standard InChI is InChI=1S/C19H24Cl2N2O3/c1-25-19-10-14(12-23-7-6-22-8-9-24)2-5-18(19)26-13-15-3-4-16(20)11-17(15)21/h2-5,10-11,22-24H,6-9,12-13H2,1H3. The average molecular weight is 399 g/mol. The topological polar surface area (TPSA) is 62.8 Å². The fourth-order valence-electron chi connectivity index (χ4n) is 2.35. The summed E-state index contributed by atoms with van der Waals surface area (Å²) in [6.07, 6.45) is 0. The smallest absolute Gasteiger partial charge is 0.161 e. The van der Waals surface area contributed by atoms with Gasteiger partial charge in [-0.15, -0.1) is 0 Å². The number of ether oxygens (including phenoxy) is 2. The van der Waals surface area contributed by atoms with Crippen LogP contribution in [0.1, 0.15) is 11.1 Å². The molecule has 0 spiro atoms. The molecule has 0 fully saturated rings. The van der Waals surface area contributed by atoms with Gasteiger partial charge in [-0.25, -0.2) is 0 Å². The summed E-state index contributed by atoms with van der Waals surface area (Å²) < 4.78 is 11.3. The highest BCUT2D eigenvalue weighted by atomic mass is 35.5. The van der Waals surface area contributed by atoms with Crippen molar-refractivity contribution in [3.63, 3.8) is 0 Å². The molecule has 0 aromatic heterocycles. The summed E-state index contributed by atoms with van der Waals surface area (Å²) in [5, 5.41) is 16.3. The average Bonchev–Trinajstić information content (AvgIpc) is 2.64. The van der Waals surface area contributed by atoms with Gasteiger partial charge in [0.2, 0.25) is 0 Å². The zero-order chi connectivity index (χ0) is 18.8. The summed E-state index contributed by atoms with van der Waals surface area (Å²) in [7, 11) is 1.62. The number of nitrogens with one attached hydrogen (secondary N) is 2. The lowest BCUT2D eigenvalue weighted by Crippen LogP contribution is -2.28. The molecule has 0 radical (unpaired) electrons. The van der Waals surface area contributed by atoms with Gasteiger partial charge < -0.3 is 25.2 Å². The van der Waals surface area contributed by atoms with E-state index in [1.807, 2.05) is 24.3 Å². The van der Waals surface area contributed by atoms with Gasteiger partial charge in [0.25, 0.3) is 0 Å². The first-order chi connectivity index (χ1) is 12.6. The van der Waals surface area contributed by atoms with Crippen molar-refractivity contribution in [2.24, 2.45) is 0 Å². The Hall–Kier alpha value is -1.50. The largest absolute Gasteiger partial charge is 0.493 e. The molecule has 0 aliphatic carbocycles. The minimum absolute atomic E-state index is 0.153. The Balaban J connectivity index is 1.89. The van der Waals surface area contributed by atoms with Crippen LogP contribution in [0.3, 0.4) is 0 Å². The van der Waals surface area contributed by atoms with E-state index >= 15 is 0 Å².